The molecule has 0 saturated carbocycles. The zero-order chi connectivity index (χ0) is 18.6. The Hall–Kier alpha value is -2.82. The van der Waals surface area contributed by atoms with E-state index in [0.29, 0.717) is 17.1 Å². The number of hydrogen-bond acceptors (Lipinski definition) is 5. The summed E-state index contributed by atoms with van der Waals surface area (Å²) in [6.07, 6.45) is -0.903. The Bertz CT molecular complexity index is 795. The minimum atomic E-state index is -0.903. The summed E-state index contributed by atoms with van der Waals surface area (Å²) in [4.78, 5) is 25.0. The Balaban J connectivity index is 2.20. The second-order valence-electron chi connectivity index (χ2n) is 5.80. The molecule has 5 nitrogen and oxygen atoms in total. The Morgan fingerprint density at radius 3 is 2.28 bits per heavy atom. The second-order valence-corrected chi connectivity index (χ2v) is 5.80. The first-order valence-corrected chi connectivity index (χ1v) is 7.91. The molecule has 0 amide bonds. The van der Waals surface area contributed by atoms with Crippen LogP contribution in [0.3, 0.4) is 0 Å². The van der Waals surface area contributed by atoms with Gasteiger partial charge in [0.15, 0.2) is 6.10 Å². The van der Waals surface area contributed by atoms with Crippen LogP contribution < -0.4 is 9.47 Å². The Labute approximate surface area is 147 Å². The summed E-state index contributed by atoms with van der Waals surface area (Å²) in [6, 6.07) is 10.4. The Kier molecular flexibility index (Phi) is 5.80. The molecule has 0 aliphatic carbocycles. The van der Waals surface area contributed by atoms with Gasteiger partial charge >= 0.3 is 5.97 Å². The third-order valence-corrected chi connectivity index (χ3v) is 3.94. The molecule has 0 saturated heterocycles. The predicted molar refractivity (Wildman–Crippen MR) is 94.7 cm³/mol. The number of carbonyl (C=O) groups excluding carboxylic acids is 2. The largest absolute Gasteiger partial charge is 0.497 e. The van der Waals surface area contributed by atoms with E-state index in [9.17, 15) is 9.59 Å². The third-order valence-electron chi connectivity index (χ3n) is 3.94. The molecule has 25 heavy (non-hydrogen) atoms. The maximum Gasteiger partial charge on any atom is 0.342 e. The highest BCUT2D eigenvalue weighted by Gasteiger charge is 2.23. The molecule has 0 N–H and O–H groups in total. The first-order valence-electron chi connectivity index (χ1n) is 7.91. The molecule has 5 heteroatoms. The van der Waals surface area contributed by atoms with Crippen molar-refractivity contribution < 1.29 is 23.8 Å². The minimum absolute atomic E-state index is 0.234. The summed E-state index contributed by atoms with van der Waals surface area (Å²) in [5.41, 5.74) is 2.62. The molecule has 1 atom stereocenters. The number of Topliss-reactive ketones (excluding diaryl/α,β-unsaturated/α-hetero) is 1. The van der Waals surface area contributed by atoms with Gasteiger partial charge in [-0.05, 0) is 44.5 Å². The van der Waals surface area contributed by atoms with Gasteiger partial charge in [-0.1, -0.05) is 17.7 Å². The quantitative estimate of drug-likeness (QED) is 0.591. The van der Waals surface area contributed by atoms with Crippen molar-refractivity contribution in [1.29, 1.82) is 0 Å². The number of hydrogen-bond donors (Lipinski definition) is 0. The number of rotatable bonds is 6. The van der Waals surface area contributed by atoms with Gasteiger partial charge in [0.25, 0.3) is 0 Å². The molecule has 0 spiro atoms. The van der Waals surface area contributed by atoms with E-state index in [1.165, 1.54) is 14.2 Å². The summed E-state index contributed by atoms with van der Waals surface area (Å²) in [5.74, 6) is 0.0383. The molecular formula is C20H22O5. The van der Waals surface area contributed by atoms with E-state index < -0.39 is 12.1 Å². The van der Waals surface area contributed by atoms with Crippen molar-refractivity contribution >= 4 is 11.8 Å². The van der Waals surface area contributed by atoms with Crippen LogP contribution >= 0.6 is 0 Å². The van der Waals surface area contributed by atoms with E-state index >= 15 is 0 Å². The van der Waals surface area contributed by atoms with Crippen molar-refractivity contribution in [3.63, 3.8) is 0 Å². The molecule has 0 radical (unpaired) electrons. The van der Waals surface area contributed by atoms with Gasteiger partial charge < -0.3 is 14.2 Å². The fourth-order valence-electron chi connectivity index (χ4n) is 2.47. The van der Waals surface area contributed by atoms with Crippen molar-refractivity contribution in [3.8, 4) is 11.5 Å². The molecule has 0 aliphatic heterocycles. The minimum Gasteiger partial charge on any atom is -0.497 e. The fraction of sp³-hybridized carbons (Fsp3) is 0.300. The number of ether oxygens (including phenoxy) is 3. The van der Waals surface area contributed by atoms with Gasteiger partial charge in [0.1, 0.15) is 17.1 Å². The van der Waals surface area contributed by atoms with Crippen LogP contribution in [-0.2, 0) is 4.74 Å². The molecule has 2 aromatic rings. The summed E-state index contributed by atoms with van der Waals surface area (Å²) in [7, 11) is 2.98. The molecule has 2 rings (SSSR count). The van der Waals surface area contributed by atoms with E-state index in [1.54, 1.807) is 31.2 Å². The number of aryl methyl sites for hydroxylation is 2. The predicted octanol–water partition coefficient (Wildman–Crippen LogP) is 3.75. The van der Waals surface area contributed by atoms with Gasteiger partial charge in [-0.15, -0.1) is 0 Å². The van der Waals surface area contributed by atoms with E-state index in [4.69, 9.17) is 14.2 Å². The van der Waals surface area contributed by atoms with E-state index in [-0.39, 0.29) is 11.3 Å². The highest BCUT2D eigenvalue weighted by molar-refractivity contribution is 6.03. The van der Waals surface area contributed by atoms with Gasteiger partial charge in [-0.25, -0.2) is 4.79 Å². The lowest BCUT2D eigenvalue weighted by molar-refractivity contribution is 0.0315. The molecule has 0 aliphatic rings. The highest BCUT2D eigenvalue weighted by atomic mass is 16.5. The molecular weight excluding hydrogens is 320 g/mol. The average molecular weight is 342 g/mol. The van der Waals surface area contributed by atoms with Crippen LogP contribution in [0.5, 0.6) is 11.5 Å². The van der Waals surface area contributed by atoms with Crippen LogP contribution in [0.1, 0.15) is 38.8 Å². The van der Waals surface area contributed by atoms with Crippen molar-refractivity contribution in [2.45, 2.75) is 26.9 Å². The zero-order valence-electron chi connectivity index (χ0n) is 15.1. The highest BCUT2D eigenvalue weighted by Crippen LogP contribution is 2.26. The number of benzene rings is 2. The third kappa shape index (κ3) is 4.18. The molecule has 0 bridgehead atoms. The molecule has 0 aromatic heterocycles. The van der Waals surface area contributed by atoms with E-state index in [1.807, 2.05) is 26.0 Å². The van der Waals surface area contributed by atoms with Crippen LogP contribution in [0, 0.1) is 13.8 Å². The lowest BCUT2D eigenvalue weighted by Crippen LogP contribution is -2.25. The van der Waals surface area contributed by atoms with Gasteiger partial charge in [-0.2, -0.15) is 0 Å². The van der Waals surface area contributed by atoms with Gasteiger partial charge in [0.2, 0.25) is 5.78 Å². The molecule has 0 heterocycles. The van der Waals surface area contributed by atoms with Crippen molar-refractivity contribution in [1.82, 2.24) is 0 Å². The van der Waals surface area contributed by atoms with Crippen LogP contribution in [0.2, 0.25) is 0 Å². The summed E-state index contributed by atoms with van der Waals surface area (Å²) in [6.45, 7) is 5.33. The summed E-state index contributed by atoms with van der Waals surface area (Å²) >= 11 is 0. The number of carbonyl (C=O) groups is 2. The van der Waals surface area contributed by atoms with E-state index in [2.05, 4.69) is 0 Å². The van der Waals surface area contributed by atoms with Gasteiger partial charge in [-0.3, -0.25) is 4.79 Å². The average Bonchev–Trinajstić information content (AvgIpc) is 2.62. The molecule has 132 valence electrons. The lowest BCUT2D eigenvalue weighted by Gasteiger charge is -2.15. The lowest BCUT2D eigenvalue weighted by atomic mass is 9.99. The fourth-order valence-corrected chi connectivity index (χ4v) is 2.47. The molecule has 0 unspecified atom stereocenters. The van der Waals surface area contributed by atoms with Crippen LogP contribution in [0.15, 0.2) is 36.4 Å². The standard InChI is InChI=1S/C20H22O5/c1-12-6-7-13(2)17(10-12)19(21)14(3)25-20(22)16-9-8-15(23-4)11-18(16)24-5/h6-11,14H,1-5H3/t14-/m0/s1. The molecule has 0 fully saturated rings. The van der Waals surface area contributed by atoms with Crippen LogP contribution in [0.25, 0.3) is 0 Å². The van der Waals surface area contributed by atoms with Gasteiger partial charge in [0.05, 0.1) is 14.2 Å². The van der Waals surface area contributed by atoms with Crippen LogP contribution in [-0.4, -0.2) is 32.1 Å². The van der Waals surface area contributed by atoms with Crippen molar-refractivity contribution in [2.75, 3.05) is 14.2 Å². The number of methoxy groups -OCH3 is 2. The number of esters is 1. The first kappa shape index (κ1) is 18.5. The molecule has 2 aromatic carbocycles. The van der Waals surface area contributed by atoms with Crippen molar-refractivity contribution in [3.05, 3.63) is 58.7 Å². The number of ketones is 1. The van der Waals surface area contributed by atoms with E-state index in [0.717, 1.165) is 11.1 Å². The maximum absolute atomic E-state index is 12.6. The Morgan fingerprint density at radius 1 is 0.920 bits per heavy atom. The van der Waals surface area contributed by atoms with Gasteiger partial charge in [0, 0.05) is 11.6 Å². The zero-order valence-corrected chi connectivity index (χ0v) is 15.1. The SMILES string of the molecule is COc1ccc(C(=O)O[C@@H](C)C(=O)c2cc(C)ccc2C)c(OC)c1. The normalized spacial score (nSPS) is 11.6. The van der Waals surface area contributed by atoms with Crippen LogP contribution in [0.4, 0.5) is 0 Å². The summed E-state index contributed by atoms with van der Waals surface area (Å²) in [5, 5.41) is 0. The summed E-state index contributed by atoms with van der Waals surface area (Å²) < 4.78 is 15.7. The Morgan fingerprint density at radius 2 is 1.64 bits per heavy atom. The first-order chi connectivity index (χ1) is 11.9. The monoisotopic (exact) mass is 342 g/mol. The second kappa shape index (κ2) is 7.83. The maximum atomic E-state index is 12.6. The van der Waals surface area contributed by atoms with Crippen molar-refractivity contribution in [2.24, 2.45) is 0 Å². The topological polar surface area (TPSA) is 61.8 Å². The smallest absolute Gasteiger partial charge is 0.342 e.